The lowest BCUT2D eigenvalue weighted by molar-refractivity contribution is 0.0669. The Labute approximate surface area is 157 Å². The minimum atomic E-state index is 0.564. The molecule has 3 aliphatic rings. The number of hydrogen-bond donors (Lipinski definition) is 0. The van der Waals surface area contributed by atoms with Crippen LogP contribution in [0.15, 0.2) is 36.7 Å². The van der Waals surface area contributed by atoms with Crippen LogP contribution in [-0.2, 0) is 6.54 Å². The summed E-state index contributed by atoms with van der Waals surface area (Å²) in [6.45, 7) is 7.70. The van der Waals surface area contributed by atoms with Crippen LogP contribution in [0.3, 0.4) is 0 Å². The molecular weight excluding hydrogens is 318 g/mol. The number of pyridine rings is 1. The molecule has 1 aliphatic carbocycles. The molecule has 5 rings (SSSR count). The van der Waals surface area contributed by atoms with Crippen molar-refractivity contribution in [3.8, 4) is 0 Å². The van der Waals surface area contributed by atoms with Gasteiger partial charge in [-0.15, -0.1) is 0 Å². The van der Waals surface area contributed by atoms with Gasteiger partial charge < -0.3 is 4.90 Å². The van der Waals surface area contributed by atoms with Gasteiger partial charge in [-0.25, -0.2) is 0 Å². The number of piperidine rings is 1. The lowest BCUT2D eigenvalue weighted by Gasteiger charge is -2.43. The van der Waals surface area contributed by atoms with Crippen molar-refractivity contribution < 1.29 is 0 Å². The summed E-state index contributed by atoms with van der Waals surface area (Å²) in [5.41, 5.74) is 2.03. The van der Waals surface area contributed by atoms with Gasteiger partial charge in [-0.1, -0.05) is 24.6 Å². The topological polar surface area (TPSA) is 19.4 Å². The smallest absolute Gasteiger partial charge is 0.0346 e. The van der Waals surface area contributed by atoms with Crippen molar-refractivity contribution >= 4 is 10.8 Å². The third-order valence-corrected chi connectivity index (χ3v) is 7.16. The number of hydrogen-bond acceptors (Lipinski definition) is 3. The molecule has 138 valence electrons. The van der Waals surface area contributed by atoms with E-state index in [9.17, 15) is 0 Å². The Bertz CT molecular complexity index is 764. The zero-order chi connectivity index (χ0) is 17.4. The van der Waals surface area contributed by atoms with Gasteiger partial charge in [0.25, 0.3) is 0 Å². The van der Waals surface area contributed by atoms with Gasteiger partial charge in [0.2, 0.25) is 0 Å². The molecule has 1 atom stereocenters. The summed E-state index contributed by atoms with van der Waals surface area (Å²) in [5, 5.41) is 2.64. The number of fused-ring (bicyclic) bond motifs is 1. The Morgan fingerprint density at radius 1 is 1.00 bits per heavy atom. The fourth-order valence-electron chi connectivity index (χ4n) is 5.57. The molecule has 0 radical (unpaired) electrons. The molecule has 0 amide bonds. The van der Waals surface area contributed by atoms with Crippen LogP contribution in [0.1, 0.15) is 44.1 Å². The molecule has 3 heteroatoms. The summed E-state index contributed by atoms with van der Waals surface area (Å²) in [7, 11) is 0. The van der Waals surface area contributed by atoms with Gasteiger partial charge in [0, 0.05) is 44.0 Å². The molecule has 0 N–H and O–H groups in total. The second-order valence-electron chi connectivity index (χ2n) is 9.11. The predicted octanol–water partition coefficient (Wildman–Crippen LogP) is 4.32. The largest absolute Gasteiger partial charge is 0.302 e. The summed E-state index contributed by atoms with van der Waals surface area (Å²) in [6.07, 6.45) is 12.6. The van der Waals surface area contributed by atoms with E-state index in [0.717, 1.165) is 12.5 Å². The second-order valence-corrected chi connectivity index (χ2v) is 9.11. The Hall–Kier alpha value is -1.45. The molecule has 1 spiro atoms. The lowest BCUT2D eigenvalue weighted by atomic mass is 9.78. The molecule has 3 fully saturated rings. The molecular formula is C23H31N3. The van der Waals surface area contributed by atoms with Gasteiger partial charge in [-0.2, -0.15) is 0 Å². The molecule has 3 heterocycles. The number of benzene rings is 1. The highest BCUT2D eigenvalue weighted by Crippen LogP contribution is 2.40. The zero-order valence-electron chi connectivity index (χ0n) is 15.9. The molecule has 1 unspecified atom stereocenters. The first-order chi connectivity index (χ1) is 12.8. The fraction of sp³-hybridized carbons (Fsp3) is 0.609. The number of likely N-dealkylation sites (tertiary alicyclic amines) is 2. The Morgan fingerprint density at radius 2 is 1.92 bits per heavy atom. The maximum atomic E-state index is 4.28. The van der Waals surface area contributed by atoms with E-state index in [0.29, 0.717) is 5.41 Å². The number of nitrogens with zero attached hydrogens (tertiary/aromatic N) is 3. The monoisotopic (exact) mass is 349 g/mol. The van der Waals surface area contributed by atoms with Crippen LogP contribution in [0.5, 0.6) is 0 Å². The molecule has 3 nitrogen and oxygen atoms in total. The molecule has 2 saturated heterocycles. The van der Waals surface area contributed by atoms with Gasteiger partial charge in [0.05, 0.1) is 0 Å². The van der Waals surface area contributed by atoms with Crippen LogP contribution < -0.4 is 0 Å². The Balaban J connectivity index is 1.26. The Kier molecular flexibility index (Phi) is 4.46. The third kappa shape index (κ3) is 3.27. The molecule has 26 heavy (non-hydrogen) atoms. The van der Waals surface area contributed by atoms with Crippen LogP contribution in [0.25, 0.3) is 10.8 Å². The van der Waals surface area contributed by atoms with Crippen molar-refractivity contribution in [2.75, 3.05) is 32.7 Å². The highest BCUT2D eigenvalue weighted by molar-refractivity contribution is 5.84. The first-order valence-corrected chi connectivity index (χ1v) is 10.6. The van der Waals surface area contributed by atoms with Crippen molar-refractivity contribution in [2.45, 2.75) is 45.1 Å². The molecule has 0 bridgehead atoms. The van der Waals surface area contributed by atoms with E-state index in [1.165, 1.54) is 87.6 Å². The quantitative estimate of drug-likeness (QED) is 0.819. The van der Waals surface area contributed by atoms with Crippen molar-refractivity contribution in [2.24, 2.45) is 11.3 Å². The summed E-state index contributed by atoms with van der Waals surface area (Å²) in [6, 6.07) is 8.84. The summed E-state index contributed by atoms with van der Waals surface area (Å²) >= 11 is 0. The van der Waals surface area contributed by atoms with Crippen molar-refractivity contribution in [1.82, 2.24) is 14.8 Å². The summed E-state index contributed by atoms with van der Waals surface area (Å²) in [4.78, 5) is 9.79. The fourth-order valence-corrected chi connectivity index (χ4v) is 5.57. The number of aromatic nitrogens is 1. The van der Waals surface area contributed by atoms with Crippen LogP contribution in [0.4, 0.5) is 0 Å². The number of rotatable bonds is 4. The van der Waals surface area contributed by atoms with E-state index >= 15 is 0 Å². The van der Waals surface area contributed by atoms with E-state index in [2.05, 4.69) is 39.0 Å². The molecule has 2 aliphatic heterocycles. The van der Waals surface area contributed by atoms with E-state index in [1.807, 2.05) is 12.4 Å². The first-order valence-electron chi connectivity index (χ1n) is 10.6. The minimum Gasteiger partial charge on any atom is -0.302 e. The summed E-state index contributed by atoms with van der Waals surface area (Å²) < 4.78 is 0. The standard InChI is InChI=1S/C23H31N3/c1-4-19(5-1)15-25-12-3-9-23(17-25)10-13-26(18-23)16-21-7-2-6-20-14-24-11-8-22(20)21/h2,6-8,11,14,19H,1,3-5,9-10,12-13,15-18H2. The van der Waals surface area contributed by atoms with Gasteiger partial charge in [-0.05, 0) is 73.5 Å². The van der Waals surface area contributed by atoms with Gasteiger partial charge in [-0.3, -0.25) is 9.88 Å². The van der Waals surface area contributed by atoms with Crippen molar-refractivity contribution in [3.63, 3.8) is 0 Å². The molecule has 1 aromatic carbocycles. The second kappa shape index (κ2) is 6.94. The highest BCUT2D eigenvalue weighted by atomic mass is 15.2. The molecule has 1 aromatic heterocycles. The third-order valence-electron chi connectivity index (χ3n) is 7.16. The van der Waals surface area contributed by atoms with Crippen LogP contribution in [0, 0.1) is 11.3 Å². The van der Waals surface area contributed by atoms with Gasteiger partial charge in [0.1, 0.15) is 0 Å². The van der Waals surface area contributed by atoms with E-state index in [1.54, 1.807) is 0 Å². The van der Waals surface area contributed by atoms with Crippen LogP contribution in [-0.4, -0.2) is 47.5 Å². The average molecular weight is 350 g/mol. The van der Waals surface area contributed by atoms with Crippen molar-refractivity contribution in [3.05, 3.63) is 42.2 Å². The molecule has 2 aromatic rings. The van der Waals surface area contributed by atoms with E-state index < -0.39 is 0 Å². The lowest BCUT2D eigenvalue weighted by Crippen LogP contribution is -2.47. The van der Waals surface area contributed by atoms with Gasteiger partial charge >= 0.3 is 0 Å². The highest BCUT2D eigenvalue weighted by Gasteiger charge is 2.41. The molecule has 1 saturated carbocycles. The maximum absolute atomic E-state index is 4.28. The maximum Gasteiger partial charge on any atom is 0.0346 e. The summed E-state index contributed by atoms with van der Waals surface area (Å²) in [5.74, 6) is 1.01. The first kappa shape index (κ1) is 16.7. The minimum absolute atomic E-state index is 0.564. The van der Waals surface area contributed by atoms with Gasteiger partial charge in [0.15, 0.2) is 0 Å². The van der Waals surface area contributed by atoms with Crippen molar-refractivity contribution in [1.29, 1.82) is 0 Å². The Morgan fingerprint density at radius 3 is 2.81 bits per heavy atom. The predicted molar refractivity (Wildman–Crippen MR) is 107 cm³/mol. The SMILES string of the molecule is c1cc(CN2CCC3(CCCN(CC4CCC4)C3)C2)c2ccncc2c1. The van der Waals surface area contributed by atoms with Crippen LogP contribution in [0.2, 0.25) is 0 Å². The van der Waals surface area contributed by atoms with E-state index in [4.69, 9.17) is 0 Å². The average Bonchev–Trinajstić information content (AvgIpc) is 3.00. The normalized spacial score (nSPS) is 28.0. The van der Waals surface area contributed by atoms with Crippen LogP contribution >= 0.6 is 0 Å². The van der Waals surface area contributed by atoms with E-state index in [-0.39, 0.29) is 0 Å². The zero-order valence-corrected chi connectivity index (χ0v) is 15.9.